The van der Waals surface area contributed by atoms with Crippen molar-refractivity contribution < 1.29 is 19.7 Å². The third kappa shape index (κ3) is 3.89. The summed E-state index contributed by atoms with van der Waals surface area (Å²) in [5.41, 5.74) is 0.586. The lowest BCUT2D eigenvalue weighted by Gasteiger charge is -2.15. The van der Waals surface area contributed by atoms with E-state index in [0.717, 1.165) is 6.07 Å². The SMILES string of the molecule is CC(C)C(=O)c1c(O)cc(O)cc1OCc1c(Cl)cccc1Cl. The van der Waals surface area contributed by atoms with Crippen molar-refractivity contribution in [1.29, 1.82) is 0 Å². The van der Waals surface area contributed by atoms with Gasteiger partial charge in [0.25, 0.3) is 0 Å². The highest BCUT2D eigenvalue weighted by Crippen LogP contribution is 2.36. The summed E-state index contributed by atoms with van der Waals surface area (Å²) in [4.78, 5) is 12.3. The Balaban J connectivity index is 2.38. The van der Waals surface area contributed by atoms with Crippen LogP contribution in [0.25, 0.3) is 0 Å². The number of hydrogen-bond donors (Lipinski definition) is 2. The number of halogens is 2. The van der Waals surface area contributed by atoms with Gasteiger partial charge in [-0.3, -0.25) is 4.79 Å². The third-order valence-electron chi connectivity index (χ3n) is 3.27. The molecule has 0 saturated carbocycles. The number of carbonyl (C=O) groups excluding carboxylic acids is 1. The summed E-state index contributed by atoms with van der Waals surface area (Å²) in [7, 11) is 0. The maximum Gasteiger partial charge on any atom is 0.172 e. The minimum absolute atomic E-state index is 0.000223. The van der Waals surface area contributed by atoms with Crippen LogP contribution in [-0.2, 0) is 6.61 Å². The summed E-state index contributed by atoms with van der Waals surface area (Å²) >= 11 is 12.2. The number of rotatable bonds is 5. The summed E-state index contributed by atoms with van der Waals surface area (Å²) in [6.07, 6.45) is 0. The molecule has 0 atom stereocenters. The zero-order valence-corrected chi connectivity index (χ0v) is 14.1. The van der Waals surface area contributed by atoms with Crippen LogP contribution in [0.5, 0.6) is 17.2 Å². The lowest BCUT2D eigenvalue weighted by atomic mass is 9.99. The summed E-state index contributed by atoms with van der Waals surface area (Å²) < 4.78 is 5.61. The summed E-state index contributed by atoms with van der Waals surface area (Å²) in [5.74, 6) is -1.08. The minimum Gasteiger partial charge on any atom is -0.508 e. The molecule has 122 valence electrons. The number of aromatic hydroxyl groups is 2. The Kier molecular flexibility index (Phi) is 5.39. The van der Waals surface area contributed by atoms with E-state index in [1.54, 1.807) is 32.0 Å². The highest BCUT2D eigenvalue weighted by molar-refractivity contribution is 6.35. The van der Waals surface area contributed by atoms with E-state index in [1.165, 1.54) is 6.07 Å². The predicted molar refractivity (Wildman–Crippen MR) is 89.7 cm³/mol. The van der Waals surface area contributed by atoms with Crippen molar-refractivity contribution >= 4 is 29.0 Å². The molecule has 2 aromatic carbocycles. The van der Waals surface area contributed by atoms with Crippen LogP contribution in [0, 0.1) is 5.92 Å². The minimum atomic E-state index is -0.336. The second kappa shape index (κ2) is 7.11. The number of carbonyl (C=O) groups is 1. The second-order valence-electron chi connectivity index (χ2n) is 5.35. The molecule has 2 aromatic rings. The normalized spacial score (nSPS) is 10.8. The molecule has 0 aliphatic rings. The fourth-order valence-corrected chi connectivity index (χ4v) is 2.56. The zero-order valence-electron chi connectivity index (χ0n) is 12.6. The molecule has 0 bridgehead atoms. The number of Topliss-reactive ketones (excluding diaryl/α,β-unsaturated/α-hetero) is 1. The van der Waals surface area contributed by atoms with Gasteiger partial charge in [0.05, 0.1) is 0 Å². The van der Waals surface area contributed by atoms with Crippen LogP contribution >= 0.6 is 23.2 Å². The highest BCUT2D eigenvalue weighted by atomic mass is 35.5. The second-order valence-corrected chi connectivity index (χ2v) is 6.16. The van der Waals surface area contributed by atoms with Gasteiger partial charge in [0.1, 0.15) is 29.4 Å². The topological polar surface area (TPSA) is 66.8 Å². The van der Waals surface area contributed by atoms with Gasteiger partial charge >= 0.3 is 0 Å². The monoisotopic (exact) mass is 354 g/mol. The van der Waals surface area contributed by atoms with Crippen molar-refractivity contribution in [3.8, 4) is 17.2 Å². The largest absolute Gasteiger partial charge is 0.508 e. The van der Waals surface area contributed by atoms with Gasteiger partial charge in [-0.2, -0.15) is 0 Å². The lowest BCUT2D eigenvalue weighted by Crippen LogP contribution is -2.10. The third-order valence-corrected chi connectivity index (χ3v) is 3.98. The van der Waals surface area contributed by atoms with Gasteiger partial charge in [-0.25, -0.2) is 0 Å². The van der Waals surface area contributed by atoms with Crippen molar-refractivity contribution in [1.82, 2.24) is 0 Å². The molecule has 0 aliphatic heterocycles. The molecule has 0 saturated heterocycles. The van der Waals surface area contributed by atoms with E-state index in [2.05, 4.69) is 0 Å². The number of benzene rings is 2. The number of ether oxygens (including phenoxy) is 1. The van der Waals surface area contributed by atoms with E-state index >= 15 is 0 Å². The van der Waals surface area contributed by atoms with Crippen molar-refractivity contribution in [2.45, 2.75) is 20.5 Å². The maximum atomic E-state index is 12.3. The van der Waals surface area contributed by atoms with Gasteiger partial charge in [-0.15, -0.1) is 0 Å². The van der Waals surface area contributed by atoms with E-state index in [0.29, 0.717) is 15.6 Å². The number of ketones is 1. The molecular formula is C17H16Cl2O4. The first-order valence-electron chi connectivity index (χ1n) is 6.97. The molecular weight excluding hydrogens is 339 g/mol. The Hall–Kier alpha value is -1.91. The van der Waals surface area contributed by atoms with E-state index in [-0.39, 0.29) is 41.1 Å². The zero-order chi connectivity index (χ0) is 17.1. The lowest BCUT2D eigenvalue weighted by molar-refractivity contribution is 0.0932. The van der Waals surface area contributed by atoms with Gasteiger partial charge in [0.2, 0.25) is 0 Å². The van der Waals surface area contributed by atoms with Crippen LogP contribution in [0.3, 0.4) is 0 Å². The first kappa shape index (κ1) is 17.4. The number of hydrogen-bond acceptors (Lipinski definition) is 4. The molecule has 2 rings (SSSR count). The molecule has 0 radical (unpaired) electrons. The van der Waals surface area contributed by atoms with Gasteiger partial charge in [-0.05, 0) is 12.1 Å². The van der Waals surface area contributed by atoms with Crippen LogP contribution in [0.2, 0.25) is 10.0 Å². The van der Waals surface area contributed by atoms with E-state index in [9.17, 15) is 15.0 Å². The van der Waals surface area contributed by atoms with E-state index in [1.807, 2.05) is 0 Å². The summed E-state index contributed by atoms with van der Waals surface area (Å²) in [6.45, 7) is 3.42. The fraction of sp³-hybridized carbons (Fsp3) is 0.235. The van der Waals surface area contributed by atoms with E-state index in [4.69, 9.17) is 27.9 Å². The molecule has 0 aliphatic carbocycles. The quantitative estimate of drug-likeness (QED) is 0.755. The predicted octanol–water partition coefficient (Wildman–Crippen LogP) is 4.82. The molecule has 0 amide bonds. The van der Waals surface area contributed by atoms with Crippen molar-refractivity contribution in [2.24, 2.45) is 5.92 Å². The van der Waals surface area contributed by atoms with Gasteiger partial charge in [0.15, 0.2) is 5.78 Å². The van der Waals surface area contributed by atoms with Gasteiger partial charge < -0.3 is 14.9 Å². The standard InChI is InChI=1S/C17H16Cl2O4/c1-9(2)17(22)16-14(21)6-10(20)7-15(16)23-8-11-12(18)4-3-5-13(11)19/h3-7,9,20-21H,8H2,1-2H3. The van der Waals surface area contributed by atoms with Gasteiger partial charge in [-0.1, -0.05) is 43.1 Å². The average Bonchev–Trinajstić information content (AvgIpc) is 2.45. The summed E-state index contributed by atoms with van der Waals surface area (Å²) in [6, 6.07) is 7.44. The molecule has 2 N–H and O–H groups in total. The molecule has 23 heavy (non-hydrogen) atoms. The fourth-order valence-electron chi connectivity index (χ4n) is 2.06. The highest BCUT2D eigenvalue weighted by Gasteiger charge is 2.22. The van der Waals surface area contributed by atoms with Crippen LogP contribution in [-0.4, -0.2) is 16.0 Å². The maximum absolute atomic E-state index is 12.3. The smallest absolute Gasteiger partial charge is 0.172 e. The summed E-state index contributed by atoms with van der Waals surface area (Å²) in [5, 5.41) is 20.5. The Bertz CT molecular complexity index is 721. The first-order chi connectivity index (χ1) is 10.8. The Morgan fingerprint density at radius 2 is 1.78 bits per heavy atom. The van der Waals surface area contributed by atoms with Crippen molar-refractivity contribution in [2.75, 3.05) is 0 Å². The van der Waals surface area contributed by atoms with Crippen molar-refractivity contribution in [3.63, 3.8) is 0 Å². The van der Waals surface area contributed by atoms with Crippen LogP contribution < -0.4 is 4.74 Å². The molecule has 0 aromatic heterocycles. The molecule has 0 fully saturated rings. The first-order valence-corrected chi connectivity index (χ1v) is 7.72. The Morgan fingerprint density at radius 1 is 1.17 bits per heavy atom. The number of phenols is 2. The van der Waals surface area contributed by atoms with Crippen LogP contribution in [0.15, 0.2) is 30.3 Å². The van der Waals surface area contributed by atoms with Crippen molar-refractivity contribution in [3.05, 3.63) is 51.5 Å². The Morgan fingerprint density at radius 3 is 2.35 bits per heavy atom. The van der Waals surface area contributed by atoms with E-state index < -0.39 is 0 Å². The van der Waals surface area contributed by atoms with Crippen LogP contribution in [0.1, 0.15) is 29.8 Å². The molecule has 0 unspecified atom stereocenters. The molecule has 6 heteroatoms. The molecule has 0 spiro atoms. The van der Waals surface area contributed by atoms with Gasteiger partial charge in [0, 0.05) is 33.7 Å². The Labute approximate surface area is 144 Å². The number of phenolic OH excluding ortho intramolecular Hbond substituents is 2. The molecule has 0 heterocycles. The van der Waals surface area contributed by atoms with Crippen LogP contribution in [0.4, 0.5) is 0 Å². The average molecular weight is 355 g/mol. The molecule has 4 nitrogen and oxygen atoms in total.